The van der Waals surface area contributed by atoms with E-state index in [2.05, 4.69) is 33.5 Å². The number of nitriles is 2. The normalized spacial score (nSPS) is 10.1. The number of nitrogens with one attached hydrogen (secondary N) is 1. The summed E-state index contributed by atoms with van der Waals surface area (Å²) in [6.45, 7) is 6.28. The van der Waals surface area contributed by atoms with E-state index < -0.39 is 0 Å². The number of nitrogens with zero attached hydrogens (tertiary/aromatic N) is 4. The van der Waals surface area contributed by atoms with Gasteiger partial charge in [-0.25, -0.2) is 9.97 Å². The number of rotatable bonds is 7. The number of aliphatic hydroxyl groups excluding tert-OH is 1. The van der Waals surface area contributed by atoms with Crippen molar-refractivity contribution in [2.24, 2.45) is 0 Å². The fraction of sp³-hybridized carbons (Fsp3) is 0.214. The Balaban J connectivity index is 0.000000886. The van der Waals surface area contributed by atoms with Gasteiger partial charge in [0.2, 0.25) is 0 Å². The first kappa shape index (κ1) is 27.7. The van der Waals surface area contributed by atoms with Crippen molar-refractivity contribution >= 4 is 39.7 Å². The van der Waals surface area contributed by atoms with Crippen LogP contribution in [0.15, 0.2) is 58.9 Å². The maximum absolute atomic E-state index is 9.94. The maximum Gasteiger partial charge on any atom is 0.187 e. The predicted octanol–water partition coefficient (Wildman–Crippen LogP) is 6.57. The van der Waals surface area contributed by atoms with E-state index in [0.717, 1.165) is 34.1 Å². The van der Waals surface area contributed by atoms with Crippen LogP contribution in [-0.2, 0) is 5.75 Å². The molecule has 0 saturated heterocycles. The van der Waals surface area contributed by atoms with Crippen LogP contribution in [0.2, 0.25) is 0 Å². The molecule has 0 aliphatic carbocycles. The van der Waals surface area contributed by atoms with E-state index in [1.807, 2.05) is 68.6 Å². The molecule has 2 heterocycles. The van der Waals surface area contributed by atoms with Gasteiger partial charge in [0, 0.05) is 29.0 Å². The molecular formula is C28H28N6OS2. The van der Waals surface area contributed by atoms with Crippen molar-refractivity contribution in [3.8, 4) is 23.3 Å². The summed E-state index contributed by atoms with van der Waals surface area (Å²) in [6, 6.07) is 20.1. The minimum Gasteiger partial charge on any atom is -0.396 e. The van der Waals surface area contributed by atoms with Crippen molar-refractivity contribution in [1.82, 2.24) is 9.97 Å². The second-order valence-electron chi connectivity index (χ2n) is 8.17. The predicted molar refractivity (Wildman–Crippen MR) is 152 cm³/mol. The number of nitrogen functional groups attached to an aromatic ring is 1. The molecule has 4 aromatic rings. The number of hydrogen-bond donors (Lipinski definition) is 3. The molecule has 0 bridgehead atoms. The minimum atomic E-state index is 0.120. The highest BCUT2D eigenvalue weighted by molar-refractivity contribution is 7.98. The van der Waals surface area contributed by atoms with Gasteiger partial charge in [-0.05, 0) is 43.5 Å². The molecule has 188 valence electrons. The maximum atomic E-state index is 9.94. The van der Waals surface area contributed by atoms with Crippen molar-refractivity contribution < 1.29 is 5.11 Å². The van der Waals surface area contributed by atoms with Crippen LogP contribution in [0, 0.1) is 36.5 Å². The lowest BCUT2D eigenvalue weighted by molar-refractivity contribution is 0.295. The van der Waals surface area contributed by atoms with Gasteiger partial charge in [0.25, 0.3) is 0 Å². The van der Waals surface area contributed by atoms with Crippen molar-refractivity contribution in [1.29, 1.82) is 10.5 Å². The van der Waals surface area contributed by atoms with E-state index in [1.54, 1.807) is 0 Å². The number of thioether (sulfide) groups is 1. The molecule has 2 aromatic heterocycles. The van der Waals surface area contributed by atoms with E-state index in [1.165, 1.54) is 28.7 Å². The monoisotopic (exact) mass is 528 g/mol. The lowest BCUT2D eigenvalue weighted by atomic mass is 9.96. The molecule has 0 saturated carbocycles. The molecule has 0 atom stereocenters. The van der Waals surface area contributed by atoms with E-state index in [9.17, 15) is 10.5 Å². The summed E-state index contributed by atoms with van der Waals surface area (Å²) in [5.74, 6) is 0.640. The number of aromatic nitrogens is 2. The van der Waals surface area contributed by atoms with Gasteiger partial charge < -0.3 is 16.2 Å². The highest BCUT2D eigenvalue weighted by Crippen LogP contribution is 2.37. The Morgan fingerprint density at radius 3 is 2.35 bits per heavy atom. The van der Waals surface area contributed by atoms with E-state index in [0.29, 0.717) is 28.5 Å². The average Bonchev–Trinajstić information content (AvgIpc) is 3.34. The summed E-state index contributed by atoms with van der Waals surface area (Å²) in [5, 5.41) is 34.1. The van der Waals surface area contributed by atoms with Crippen molar-refractivity contribution in [2.75, 3.05) is 17.7 Å². The fourth-order valence-corrected chi connectivity index (χ4v) is 5.05. The Morgan fingerprint density at radius 1 is 1.03 bits per heavy atom. The summed E-state index contributed by atoms with van der Waals surface area (Å²) in [5.41, 5.74) is 12.1. The first-order valence-electron chi connectivity index (χ1n) is 11.6. The Hall–Kier alpha value is -3.89. The fourth-order valence-electron chi connectivity index (χ4n) is 3.33. The zero-order valence-electron chi connectivity index (χ0n) is 20.9. The second-order valence-corrected chi connectivity index (χ2v) is 9.99. The van der Waals surface area contributed by atoms with Crippen LogP contribution in [0.3, 0.4) is 0 Å². The van der Waals surface area contributed by atoms with E-state index in [4.69, 9.17) is 10.8 Å². The van der Waals surface area contributed by atoms with Gasteiger partial charge in [0.05, 0.1) is 11.3 Å². The molecule has 37 heavy (non-hydrogen) atoms. The van der Waals surface area contributed by atoms with Gasteiger partial charge in [-0.3, -0.25) is 0 Å². The molecule has 2 aromatic carbocycles. The van der Waals surface area contributed by atoms with Gasteiger partial charge in [0.1, 0.15) is 28.5 Å². The number of thiazole rings is 1. The molecule has 0 fully saturated rings. The Morgan fingerprint density at radius 2 is 1.73 bits per heavy atom. The molecular weight excluding hydrogens is 500 g/mol. The largest absolute Gasteiger partial charge is 0.396 e. The quantitative estimate of drug-likeness (QED) is 0.229. The SMILES string of the molecule is CCCO.Cc1ccc(-c2c(C#N)c(N)nc(SCc3csc(Nc4cccc(C)c4)n3)c2C#N)cc1. The summed E-state index contributed by atoms with van der Waals surface area (Å²) in [4.78, 5) is 9.02. The highest BCUT2D eigenvalue weighted by Gasteiger charge is 2.20. The lowest BCUT2D eigenvalue weighted by Crippen LogP contribution is -2.03. The van der Waals surface area contributed by atoms with Gasteiger partial charge in [-0.15, -0.1) is 11.3 Å². The molecule has 4 rings (SSSR count). The molecule has 0 unspecified atom stereocenters. The zero-order valence-corrected chi connectivity index (χ0v) is 22.6. The summed E-state index contributed by atoms with van der Waals surface area (Å²) in [6.07, 6.45) is 0.875. The second kappa shape index (κ2) is 13.4. The topological polar surface area (TPSA) is 132 Å². The zero-order chi connectivity index (χ0) is 26.8. The third kappa shape index (κ3) is 7.31. The highest BCUT2D eigenvalue weighted by atomic mass is 32.2. The van der Waals surface area contributed by atoms with Gasteiger partial charge in [-0.2, -0.15) is 10.5 Å². The Kier molecular flexibility index (Phi) is 10.0. The van der Waals surface area contributed by atoms with Gasteiger partial charge in [0.15, 0.2) is 5.13 Å². The molecule has 0 aliphatic rings. The number of nitrogens with two attached hydrogens (primary N) is 1. The Labute approximate surface area is 225 Å². The van der Waals surface area contributed by atoms with Gasteiger partial charge in [-0.1, -0.05) is 60.6 Å². The van der Waals surface area contributed by atoms with Crippen molar-refractivity contribution in [2.45, 2.75) is 38.0 Å². The van der Waals surface area contributed by atoms with Crippen LogP contribution in [0.4, 0.5) is 16.6 Å². The van der Waals surface area contributed by atoms with Crippen molar-refractivity contribution in [3.05, 3.63) is 81.9 Å². The number of aliphatic hydroxyl groups is 1. The first-order valence-corrected chi connectivity index (χ1v) is 13.5. The molecule has 0 amide bonds. The summed E-state index contributed by atoms with van der Waals surface area (Å²) < 4.78 is 0. The summed E-state index contributed by atoms with van der Waals surface area (Å²) in [7, 11) is 0. The lowest BCUT2D eigenvalue weighted by Gasteiger charge is -2.13. The molecule has 0 radical (unpaired) electrons. The van der Waals surface area contributed by atoms with Crippen molar-refractivity contribution in [3.63, 3.8) is 0 Å². The van der Waals surface area contributed by atoms with Crippen LogP contribution in [-0.4, -0.2) is 21.7 Å². The Bertz CT molecular complexity index is 1430. The van der Waals surface area contributed by atoms with Crippen LogP contribution < -0.4 is 11.1 Å². The summed E-state index contributed by atoms with van der Waals surface area (Å²) >= 11 is 2.90. The van der Waals surface area contributed by atoms with E-state index >= 15 is 0 Å². The number of hydrogen-bond acceptors (Lipinski definition) is 9. The molecule has 0 aliphatic heterocycles. The minimum absolute atomic E-state index is 0.120. The third-order valence-corrected chi connectivity index (χ3v) is 6.97. The van der Waals surface area contributed by atoms with Crippen LogP contribution in [0.1, 0.15) is 41.3 Å². The standard InChI is InChI=1S/C25H20N6S2.C3H8O/c1-15-6-8-17(9-7-15)22-20(11-26)23(28)31-24(21(22)12-27)32-13-19-14-33-25(30-19)29-18-5-3-4-16(2)10-18;1-2-3-4/h3-10,14H,13H2,1-2H3,(H2,28,31)(H,29,30);4H,2-3H2,1H3. The van der Waals surface area contributed by atoms with Crippen LogP contribution >= 0.6 is 23.1 Å². The first-order chi connectivity index (χ1) is 17.9. The average molecular weight is 529 g/mol. The van der Waals surface area contributed by atoms with Crippen LogP contribution in [0.5, 0.6) is 0 Å². The van der Waals surface area contributed by atoms with Gasteiger partial charge >= 0.3 is 0 Å². The number of anilines is 3. The van der Waals surface area contributed by atoms with E-state index in [-0.39, 0.29) is 11.4 Å². The van der Waals surface area contributed by atoms with Crippen LogP contribution in [0.25, 0.3) is 11.1 Å². The number of pyridine rings is 1. The molecule has 0 spiro atoms. The molecule has 9 heteroatoms. The molecule has 4 N–H and O–H groups in total. The molecule has 7 nitrogen and oxygen atoms in total. The number of benzene rings is 2. The smallest absolute Gasteiger partial charge is 0.187 e. The number of aryl methyl sites for hydroxylation is 2. The third-order valence-electron chi connectivity index (χ3n) is 5.16.